The van der Waals surface area contributed by atoms with Gasteiger partial charge in [-0.25, -0.2) is 29.9 Å². The second-order valence-electron chi connectivity index (χ2n) is 31.4. The quantitative estimate of drug-likeness (QED) is 0.112. The molecule has 0 N–H and O–H groups in total. The van der Waals surface area contributed by atoms with Crippen molar-refractivity contribution in [3.8, 4) is 124 Å². The van der Waals surface area contributed by atoms with Crippen LogP contribution in [0.5, 0.6) is 0 Å². The number of furan rings is 2. The first-order chi connectivity index (χ1) is 60.4. The maximum atomic E-state index is 6.65. The smallest absolute Gasteiger partial charge is 0.164 e. The van der Waals surface area contributed by atoms with Crippen molar-refractivity contribution < 1.29 is 8.83 Å². The van der Waals surface area contributed by atoms with Gasteiger partial charge in [0, 0.05) is 54.9 Å². The molecule has 8 heteroatoms. The first-order valence-corrected chi connectivity index (χ1v) is 41.4. The van der Waals surface area contributed by atoms with Crippen LogP contribution in [0.15, 0.2) is 446 Å². The second-order valence-corrected chi connectivity index (χ2v) is 31.4. The molecule has 0 saturated carbocycles. The normalized spacial score (nSPS) is 12.7. The average molecular weight is 1560 g/mol. The second kappa shape index (κ2) is 29.5. The highest BCUT2D eigenvalue weighted by Gasteiger charge is 2.48. The minimum atomic E-state index is -0.506. The third kappa shape index (κ3) is 11.9. The monoisotopic (exact) mass is 1560 g/mol. The molecule has 0 fully saturated rings. The van der Waals surface area contributed by atoms with Crippen LogP contribution in [-0.4, -0.2) is 29.9 Å². The Hall–Kier alpha value is -16.2. The number of nitrogens with zero attached hydrogens (tertiary/aromatic N) is 6. The summed E-state index contributed by atoms with van der Waals surface area (Å²) < 4.78 is 13.3. The number of fused-ring (bicyclic) bond motifs is 13. The minimum absolute atomic E-state index is 0.502. The Bertz CT molecular complexity index is 7670. The highest BCUT2D eigenvalue weighted by atomic mass is 16.3. The molecule has 22 aromatic rings. The van der Waals surface area contributed by atoms with E-state index in [9.17, 15) is 0 Å². The van der Waals surface area contributed by atoms with Gasteiger partial charge in [-0.3, -0.25) is 0 Å². The topological polar surface area (TPSA) is 104 Å². The van der Waals surface area contributed by atoms with Crippen molar-refractivity contribution in [3.63, 3.8) is 0 Å². The van der Waals surface area contributed by atoms with Crippen LogP contribution in [0.25, 0.3) is 179 Å². The molecule has 4 heterocycles. The van der Waals surface area contributed by atoms with Gasteiger partial charge < -0.3 is 8.83 Å². The first kappa shape index (κ1) is 71.2. The van der Waals surface area contributed by atoms with Crippen molar-refractivity contribution >= 4 is 54.6 Å². The van der Waals surface area contributed by atoms with E-state index in [-0.39, 0.29) is 0 Å². The van der Waals surface area contributed by atoms with E-state index in [0.717, 1.165) is 116 Å². The molecule has 0 amide bonds. The molecule has 0 unspecified atom stereocenters. The van der Waals surface area contributed by atoms with Crippen LogP contribution in [0.4, 0.5) is 0 Å². The Morgan fingerprint density at radius 1 is 0.164 bits per heavy atom. The maximum absolute atomic E-state index is 6.65. The van der Waals surface area contributed by atoms with Gasteiger partial charge in [-0.1, -0.05) is 382 Å². The molecule has 2 aliphatic carbocycles. The lowest BCUT2D eigenvalue weighted by molar-refractivity contribution is 0.668. The van der Waals surface area contributed by atoms with Crippen molar-refractivity contribution in [2.24, 2.45) is 0 Å². The van der Waals surface area contributed by atoms with Crippen molar-refractivity contribution in [1.29, 1.82) is 0 Å². The Kier molecular flexibility index (Phi) is 17.2. The van der Waals surface area contributed by atoms with E-state index in [1.807, 2.05) is 91.0 Å². The van der Waals surface area contributed by atoms with Gasteiger partial charge in [0.2, 0.25) is 0 Å². The average Bonchev–Trinajstić information content (AvgIpc) is 1.54. The Morgan fingerprint density at radius 2 is 0.459 bits per heavy atom. The summed E-state index contributed by atoms with van der Waals surface area (Å²) in [5.41, 5.74) is 29.8. The van der Waals surface area contributed by atoms with Gasteiger partial charge in [-0.15, -0.1) is 0 Å². The van der Waals surface area contributed by atoms with Crippen LogP contribution in [-0.2, 0) is 10.8 Å². The number of rotatable bonds is 13. The predicted molar refractivity (Wildman–Crippen MR) is 495 cm³/mol. The van der Waals surface area contributed by atoms with E-state index < -0.39 is 10.8 Å². The zero-order valence-corrected chi connectivity index (χ0v) is 66.1. The van der Waals surface area contributed by atoms with Gasteiger partial charge >= 0.3 is 0 Å². The number of hydrogen-bond acceptors (Lipinski definition) is 8. The molecule has 0 atom stereocenters. The van der Waals surface area contributed by atoms with Gasteiger partial charge in [0.1, 0.15) is 22.3 Å². The van der Waals surface area contributed by atoms with Crippen molar-refractivity contribution in [2.45, 2.75) is 10.8 Å². The molecule has 0 saturated heterocycles. The van der Waals surface area contributed by atoms with Crippen LogP contribution in [0.2, 0.25) is 0 Å². The van der Waals surface area contributed by atoms with Crippen LogP contribution < -0.4 is 0 Å². The Balaban J connectivity index is 0.000000142. The SMILES string of the molecule is c1ccc(-c2nc(-c3ccc(-c4cccc5oc6ccc(C7(c8ccccc8)c8ccccc8-c8ccccc87)cc6c45)cc3)nc(-c3ccc4ccccc4c3)n2)cc1.c1ccc(-c2nc(-c3ccccc3)nc(-c3cccc(-c4cccc(-c5cccc6oc7ccc(C8(c9ccccc9)c9ccccc9-c9ccccc98)cc7c56)c4)c3)n2)cc1. The van der Waals surface area contributed by atoms with E-state index in [1.165, 1.54) is 72.1 Å². The van der Waals surface area contributed by atoms with E-state index in [1.54, 1.807) is 0 Å². The van der Waals surface area contributed by atoms with Crippen molar-refractivity contribution in [3.05, 3.63) is 481 Å². The summed E-state index contributed by atoms with van der Waals surface area (Å²) in [6.07, 6.45) is 0. The summed E-state index contributed by atoms with van der Waals surface area (Å²) >= 11 is 0. The molecule has 18 aromatic carbocycles. The summed E-state index contributed by atoms with van der Waals surface area (Å²) in [5.74, 6) is 3.81. The number of benzene rings is 18. The molecule has 122 heavy (non-hydrogen) atoms. The standard InChI is InChI=1S/C58H37N3O.C56H35N3O/c1-4-17-38(18-5-1)55-59-56(39-19-6-2-7-20-39)61-57(60-55)43-24-15-22-41(36-43)40-21-14-23-42(35-40)46-29-16-32-53-54(46)49-37-45(33-34-52(49)62-53)58(44-25-8-3-9-26-44)50-30-12-10-27-47(50)48-28-11-13-31-51(48)58;1-3-15-38(16-4-1)53-57-54(59-55(58-53)41-31-26-36-14-7-8-17-40(36)34-41)39-29-27-37(28-30-39)44-22-13-25-51-52(44)47-35-43(32-33-50(47)60-51)56(42-18-5-2-6-19-42)48-23-11-9-20-45(48)46-21-10-12-24-49(46)56/h1-37H;1-35H. The number of hydrogen-bond donors (Lipinski definition) is 0. The van der Waals surface area contributed by atoms with Gasteiger partial charge in [0.05, 0.1) is 10.8 Å². The largest absolute Gasteiger partial charge is 0.456 e. The molecule has 0 bridgehead atoms. The van der Waals surface area contributed by atoms with E-state index in [4.69, 9.17) is 38.7 Å². The highest BCUT2D eigenvalue weighted by Crippen LogP contribution is 2.59. The fourth-order valence-electron chi connectivity index (χ4n) is 19.1. The van der Waals surface area contributed by atoms with Crippen LogP contribution >= 0.6 is 0 Å². The molecule has 0 spiro atoms. The third-order valence-corrected chi connectivity index (χ3v) is 24.6. The molecule has 8 nitrogen and oxygen atoms in total. The highest BCUT2D eigenvalue weighted by molar-refractivity contribution is 6.14. The van der Waals surface area contributed by atoms with E-state index in [2.05, 4.69) is 346 Å². The first-order valence-electron chi connectivity index (χ1n) is 41.4. The Morgan fingerprint density at radius 3 is 0.893 bits per heavy atom. The molecule has 4 aromatic heterocycles. The minimum Gasteiger partial charge on any atom is -0.456 e. The van der Waals surface area contributed by atoms with Crippen LogP contribution in [0.1, 0.15) is 44.5 Å². The van der Waals surface area contributed by atoms with E-state index in [0.29, 0.717) is 34.9 Å². The van der Waals surface area contributed by atoms with Crippen LogP contribution in [0, 0.1) is 0 Å². The fourth-order valence-corrected chi connectivity index (χ4v) is 19.1. The molecule has 570 valence electrons. The van der Waals surface area contributed by atoms with Gasteiger partial charge in [0.15, 0.2) is 34.9 Å². The molecule has 0 radical (unpaired) electrons. The maximum Gasteiger partial charge on any atom is 0.164 e. The summed E-state index contributed by atoms with van der Waals surface area (Å²) in [5, 5.41) is 6.69. The summed E-state index contributed by atoms with van der Waals surface area (Å²) in [4.78, 5) is 30.0. The zero-order valence-electron chi connectivity index (χ0n) is 66.1. The van der Waals surface area contributed by atoms with Gasteiger partial charge in [-0.2, -0.15) is 0 Å². The summed E-state index contributed by atoms with van der Waals surface area (Å²) in [6.45, 7) is 0. The van der Waals surface area contributed by atoms with E-state index >= 15 is 0 Å². The molecular weight excluding hydrogens is 1490 g/mol. The van der Waals surface area contributed by atoms with Gasteiger partial charge in [-0.05, 0) is 166 Å². The molecule has 0 aliphatic heterocycles. The lowest BCUT2D eigenvalue weighted by Gasteiger charge is -2.33. The van der Waals surface area contributed by atoms with Crippen molar-refractivity contribution in [1.82, 2.24) is 29.9 Å². The Labute approximate surface area is 704 Å². The number of aromatic nitrogens is 6. The zero-order chi connectivity index (χ0) is 80.7. The van der Waals surface area contributed by atoms with Gasteiger partial charge in [0.25, 0.3) is 0 Å². The third-order valence-electron chi connectivity index (χ3n) is 24.6. The molecular formula is C114H72N6O2. The predicted octanol–water partition coefficient (Wildman–Crippen LogP) is 28.4. The molecule has 2 aliphatic rings. The lowest BCUT2D eigenvalue weighted by Crippen LogP contribution is -2.28. The fraction of sp³-hybridized carbons (Fsp3) is 0.0175. The van der Waals surface area contributed by atoms with Crippen molar-refractivity contribution in [2.75, 3.05) is 0 Å². The summed E-state index contributed by atoms with van der Waals surface area (Å²) in [7, 11) is 0. The van der Waals surface area contributed by atoms with Crippen LogP contribution in [0.3, 0.4) is 0 Å². The summed E-state index contributed by atoms with van der Waals surface area (Å²) in [6, 6.07) is 155. The lowest BCUT2D eigenvalue weighted by atomic mass is 9.67. The molecule has 24 rings (SSSR count).